The van der Waals surface area contributed by atoms with Gasteiger partial charge in [0.25, 0.3) is 5.78 Å². The van der Waals surface area contributed by atoms with Crippen molar-refractivity contribution in [1.29, 1.82) is 0 Å². The second kappa shape index (κ2) is 12.5. The van der Waals surface area contributed by atoms with Crippen LogP contribution < -0.4 is 9.64 Å². The second-order valence-corrected chi connectivity index (χ2v) is 12.8. The number of aromatic nitrogens is 2. The first-order chi connectivity index (χ1) is 20.9. The lowest BCUT2D eigenvalue weighted by molar-refractivity contribution is -0.132. The van der Waals surface area contributed by atoms with Crippen LogP contribution in [0.4, 0.5) is 9.52 Å². The summed E-state index contributed by atoms with van der Waals surface area (Å²) in [6, 6.07) is 23.7. The third kappa shape index (κ3) is 6.10. The second-order valence-electron chi connectivity index (χ2n) is 9.69. The molecule has 1 saturated heterocycles. The smallest absolute Gasteiger partial charge is 0.301 e. The van der Waals surface area contributed by atoms with E-state index in [4.69, 9.17) is 4.74 Å². The monoisotopic (exact) mass is 629 g/mol. The number of thioether (sulfide) groups is 1. The number of aliphatic hydroxyl groups excluding tert-OH is 1. The van der Waals surface area contributed by atoms with Crippen LogP contribution in [-0.4, -0.2) is 27.0 Å². The zero-order valence-corrected chi connectivity index (χ0v) is 25.2. The summed E-state index contributed by atoms with van der Waals surface area (Å²) in [6.07, 6.45) is 0. The van der Waals surface area contributed by atoms with Crippen molar-refractivity contribution in [3.8, 4) is 5.75 Å². The van der Waals surface area contributed by atoms with Gasteiger partial charge in [-0.1, -0.05) is 65.6 Å². The summed E-state index contributed by atoms with van der Waals surface area (Å²) in [5.41, 5.74) is 3.48. The van der Waals surface area contributed by atoms with Gasteiger partial charge >= 0.3 is 5.91 Å². The van der Waals surface area contributed by atoms with Crippen molar-refractivity contribution < 1.29 is 23.8 Å². The van der Waals surface area contributed by atoms with Gasteiger partial charge in [-0.05, 0) is 71.5 Å². The highest BCUT2D eigenvalue weighted by Gasteiger charge is 2.48. The fourth-order valence-corrected chi connectivity index (χ4v) is 7.27. The highest BCUT2D eigenvalue weighted by molar-refractivity contribution is 8.00. The summed E-state index contributed by atoms with van der Waals surface area (Å²) >= 11 is 3.95. The van der Waals surface area contributed by atoms with E-state index < -0.39 is 17.7 Å². The maximum absolute atomic E-state index is 13.4. The van der Waals surface area contributed by atoms with Crippen molar-refractivity contribution in [3.63, 3.8) is 0 Å². The average molecular weight is 630 g/mol. The van der Waals surface area contributed by atoms with Crippen molar-refractivity contribution in [1.82, 2.24) is 10.2 Å². The van der Waals surface area contributed by atoms with Gasteiger partial charge in [0, 0.05) is 16.2 Å². The van der Waals surface area contributed by atoms with Crippen molar-refractivity contribution in [3.05, 3.63) is 129 Å². The number of halogens is 1. The number of ether oxygens (including phenoxy) is 1. The molecular weight excluding hydrogens is 606 g/mol. The van der Waals surface area contributed by atoms with Crippen LogP contribution in [0.3, 0.4) is 0 Å². The summed E-state index contributed by atoms with van der Waals surface area (Å²) in [4.78, 5) is 28.8. The lowest BCUT2D eigenvalue weighted by atomic mass is 10.00. The van der Waals surface area contributed by atoms with E-state index in [0.717, 1.165) is 16.7 Å². The van der Waals surface area contributed by atoms with E-state index in [1.807, 2.05) is 48.7 Å². The largest absolute Gasteiger partial charge is 0.507 e. The first-order valence-corrected chi connectivity index (χ1v) is 15.9. The summed E-state index contributed by atoms with van der Waals surface area (Å²) in [5.74, 6) is -1.03. The molecule has 216 valence electrons. The predicted octanol–water partition coefficient (Wildman–Crippen LogP) is 7.54. The Hall–Kier alpha value is -4.32. The number of Topliss-reactive ketones (excluding diaryl/α,β-unsaturated/α-hetero) is 1. The van der Waals surface area contributed by atoms with Gasteiger partial charge in [-0.3, -0.25) is 14.5 Å². The number of aliphatic hydroxyl groups is 1. The molecule has 11 heteroatoms. The Morgan fingerprint density at radius 1 is 1.00 bits per heavy atom. The number of hydrogen-bond acceptors (Lipinski definition) is 9. The highest BCUT2D eigenvalue weighted by atomic mass is 32.2. The number of rotatable bonds is 9. The van der Waals surface area contributed by atoms with Crippen molar-refractivity contribution in [2.45, 2.75) is 29.7 Å². The molecule has 1 N–H and O–H groups in total. The SMILES string of the molecule is Cc1ccccc1COc1ccc(C(O)=C2C(=O)C(=O)N(c3nnc(SCc4ccc(F)cc4)s3)C2c2cccs2)cc1. The topological polar surface area (TPSA) is 92.6 Å². The average Bonchev–Trinajstić information content (AvgIpc) is 3.77. The quantitative estimate of drug-likeness (QED) is 0.0592. The van der Waals surface area contributed by atoms with Crippen molar-refractivity contribution >= 4 is 57.0 Å². The van der Waals surface area contributed by atoms with Gasteiger partial charge in [0.05, 0.1) is 5.57 Å². The van der Waals surface area contributed by atoms with Gasteiger partial charge in [-0.15, -0.1) is 21.5 Å². The molecule has 1 unspecified atom stereocenters. The van der Waals surface area contributed by atoms with E-state index in [2.05, 4.69) is 10.2 Å². The van der Waals surface area contributed by atoms with E-state index in [-0.39, 0.29) is 22.3 Å². The third-order valence-electron chi connectivity index (χ3n) is 6.92. The fraction of sp³-hybridized carbons (Fsp3) is 0.125. The Kier molecular flexibility index (Phi) is 8.37. The molecule has 0 aliphatic carbocycles. The number of hydrogen-bond donors (Lipinski definition) is 1. The first-order valence-electron chi connectivity index (χ1n) is 13.2. The van der Waals surface area contributed by atoms with Gasteiger partial charge in [-0.25, -0.2) is 4.39 Å². The van der Waals surface area contributed by atoms with Crippen LogP contribution in [0.5, 0.6) is 5.75 Å². The number of anilines is 1. The Morgan fingerprint density at radius 3 is 2.49 bits per heavy atom. The number of thiophene rings is 1. The molecule has 1 atom stereocenters. The van der Waals surface area contributed by atoms with E-state index in [1.54, 1.807) is 36.4 Å². The minimum atomic E-state index is -0.861. The minimum Gasteiger partial charge on any atom is -0.507 e. The molecule has 1 aliphatic rings. The highest BCUT2D eigenvalue weighted by Crippen LogP contribution is 2.45. The summed E-state index contributed by atoms with van der Waals surface area (Å²) in [6.45, 7) is 2.42. The molecule has 0 spiro atoms. The normalized spacial score (nSPS) is 16.1. The molecule has 7 nitrogen and oxygen atoms in total. The Bertz CT molecular complexity index is 1800. The van der Waals surface area contributed by atoms with Gasteiger partial charge in [0.1, 0.15) is 30.0 Å². The standard InChI is InChI=1S/C32H24FN3O4S3/c1-19-5-2-3-6-22(19)17-40-24-14-10-21(11-15-24)28(37)26-27(25-7-4-16-41-25)36(30(39)29(26)38)31-34-35-32(43-31)42-18-20-8-12-23(33)13-9-20/h2-16,27,37H,17-18H2,1H3. The van der Waals surface area contributed by atoms with Crippen LogP contribution >= 0.6 is 34.4 Å². The maximum Gasteiger partial charge on any atom is 0.301 e. The molecule has 1 fully saturated rings. The van der Waals surface area contributed by atoms with Gasteiger partial charge in [0.15, 0.2) is 4.34 Å². The molecule has 0 bridgehead atoms. The zero-order chi connectivity index (χ0) is 29.9. The van der Waals surface area contributed by atoms with E-state index >= 15 is 0 Å². The summed E-state index contributed by atoms with van der Waals surface area (Å²) in [5, 5.41) is 21.9. The predicted molar refractivity (Wildman–Crippen MR) is 167 cm³/mol. The number of carbonyl (C=O) groups is 2. The van der Waals surface area contributed by atoms with Crippen LogP contribution in [0, 0.1) is 12.7 Å². The van der Waals surface area contributed by atoms with Crippen molar-refractivity contribution in [2.75, 3.05) is 4.90 Å². The van der Waals surface area contributed by atoms with Crippen LogP contribution in [-0.2, 0) is 21.9 Å². The van der Waals surface area contributed by atoms with E-state index in [0.29, 0.717) is 32.9 Å². The lowest BCUT2D eigenvalue weighted by Gasteiger charge is -2.20. The number of carbonyl (C=O) groups excluding carboxylic acids is 2. The Labute approximate surface area is 259 Å². The molecule has 2 aromatic heterocycles. The number of benzene rings is 3. The number of nitrogens with zero attached hydrogens (tertiary/aromatic N) is 3. The van der Waals surface area contributed by atoms with E-state index in [1.165, 1.54) is 51.5 Å². The molecule has 5 aromatic rings. The zero-order valence-electron chi connectivity index (χ0n) is 22.8. The molecule has 3 heterocycles. The van der Waals surface area contributed by atoms with E-state index in [9.17, 15) is 19.1 Å². The molecule has 6 rings (SSSR count). The molecule has 3 aromatic carbocycles. The molecule has 1 aliphatic heterocycles. The summed E-state index contributed by atoms with van der Waals surface area (Å²) in [7, 11) is 0. The molecule has 0 radical (unpaired) electrons. The Balaban J connectivity index is 1.26. The Morgan fingerprint density at radius 2 is 1.77 bits per heavy atom. The number of aryl methyl sites for hydroxylation is 1. The third-order valence-corrected chi connectivity index (χ3v) is 9.97. The van der Waals surface area contributed by atoms with Crippen LogP contribution in [0.15, 0.2) is 100 Å². The fourth-order valence-electron chi connectivity index (χ4n) is 4.63. The van der Waals surface area contributed by atoms with Crippen LogP contribution in [0.1, 0.15) is 33.2 Å². The van der Waals surface area contributed by atoms with Gasteiger partial charge in [0.2, 0.25) is 5.13 Å². The van der Waals surface area contributed by atoms with Crippen molar-refractivity contribution in [2.24, 2.45) is 0 Å². The molecule has 43 heavy (non-hydrogen) atoms. The number of ketones is 1. The van der Waals surface area contributed by atoms with Gasteiger partial charge < -0.3 is 9.84 Å². The molecule has 0 saturated carbocycles. The molecular formula is C32H24FN3O4S3. The first kappa shape index (κ1) is 28.8. The van der Waals surface area contributed by atoms with Crippen LogP contribution in [0.25, 0.3) is 5.76 Å². The molecule has 1 amide bonds. The summed E-state index contributed by atoms with van der Waals surface area (Å²) < 4.78 is 19.8. The maximum atomic E-state index is 13.4. The van der Waals surface area contributed by atoms with Gasteiger partial charge in [-0.2, -0.15) is 0 Å². The van der Waals surface area contributed by atoms with Crippen LogP contribution in [0.2, 0.25) is 0 Å². The number of amides is 1. The minimum absolute atomic E-state index is 0.0169. The lowest BCUT2D eigenvalue weighted by Crippen LogP contribution is -2.29.